The van der Waals surface area contributed by atoms with Gasteiger partial charge < -0.3 is 14.6 Å². The summed E-state index contributed by atoms with van der Waals surface area (Å²) >= 11 is 0. The van der Waals surface area contributed by atoms with Gasteiger partial charge in [0, 0.05) is 0 Å². The number of rotatable bonds is 5. The topological polar surface area (TPSA) is 86.0 Å². The van der Waals surface area contributed by atoms with Crippen molar-refractivity contribution in [2.75, 3.05) is 14.2 Å². The third-order valence-electron chi connectivity index (χ3n) is 2.72. The quantitative estimate of drug-likeness (QED) is 0.879. The van der Waals surface area contributed by atoms with Crippen LogP contribution in [0.1, 0.15) is 29.5 Å². The van der Waals surface area contributed by atoms with Gasteiger partial charge in [0.15, 0.2) is 5.69 Å². The Bertz CT molecular complexity index is 621. The maximum absolute atomic E-state index is 11.4. The molecule has 0 bridgehead atoms. The molecule has 2 aromatic heterocycles. The average Bonchev–Trinajstić information content (AvgIpc) is 2.75. The second-order valence-electron chi connectivity index (χ2n) is 3.94. The Hall–Kier alpha value is -2.31. The van der Waals surface area contributed by atoms with Crippen LogP contribution in [0.5, 0.6) is 11.8 Å². The molecular weight excluding hydrogens is 250 g/mol. The molecule has 0 atom stereocenters. The predicted molar refractivity (Wildman–Crippen MR) is 67.0 cm³/mol. The van der Waals surface area contributed by atoms with Crippen LogP contribution in [0, 0.1) is 0 Å². The molecule has 0 spiro atoms. The van der Waals surface area contributed by atoms with Gasteiger partial charge in [-0.15, -0.1) is 0 Å². The highest BCUT2D eigenvalue weighted by Gasteiger charge is 2.22. The normalized spacial score (nSPS) is 10.7. The van der Waals surface area contributed by atoms with Gasteiger partial charge in [-0.25, -0.2) is 14.2 Å². The van der Waals surface area contributed by atoms with E-state index in [0.717, 1.165) is 6.42 Å². The van der Waals surface area contributed by atoms with Crippen LogP contribution in [-0.4, -0.2) is 39.7 Å². The summed E-state index contributed by atoms with van der Waals surface area (Å²) < 4.78 is 11.6. The zero-order valence-electron chi connectivity index (χ0n) is 11.0. The number of carbonyl (C=O) groups is 1. The maximum atomic E-state index is 11.4. The van der Waals surface area contributed by atoms with Gasteiger partial charge in [-0.3, -0.25) is 0 Å². The second kappa shape index (κ2) is 5.13. The smallest absolute Gasteiger partial charge is 0.354 e. The summed E-state index contributed by atoms with van der Waals surface area (Å²) in [6.45, 7) is 1.96. The van der Waals surface area contributed by atoms with Crippen molar-refractivity contribution in [2.24, 2.45) is 0 Å². The van der Waals surface area contributed by atoms with Crippen molar-refractivity contribution in [2.45, 2.75) is 19.8 Å². The Morgan fingerprint density at radius 3 is 2.63 bits per heavy atom. The minimum atomic E-state index is -1.05. The van der Waals surface area contributed by atoms with Crippen LogP contribution < -0.4 is 9.47 Å². The van der Waals surface area contributed by atoms with Gasteiger partial charge in [-0.2, -0.15) is 4.98 Å². The van der Waals surface area contributed by atoms with Crippen LogP contribution in [0.15, 0.2) is 6.07 Å². The number of hydrogen-bond donors (Lipinski definition) is 1. The molecule has 0 saturated carbocycles. The monoisotopic (exact) mass is 265 g/mol. The van der Waals surface area contributed by atoms with E-state index in [9.17, 15) is 9.90 Å². The molecule has 0 radical (unpaired) electrons. The first-order valence-electron chi connectivity index (χ1n) is 5.86. The van der Waals surface area contributed by atoms with E-state index in [1.807, 2.05) is 6.92 Å². The highest BCUT2D eigenvalue weighted by Crippen LogP contribution is 2.24. The molecule has 0 aliphatic rings. The lowest BCUT2D eigenvalue weighted by atomic mass is 10.2. The van der Waals surface area contributed by atoms with Crippen molar-refractivity contribution in [3.8, 4) is 11.8 Å². The van der Waals surface area contributed by atoms with Crippen molar-refractivity contribution in [1.82, 2.24) is 14.4 Å². The molecule has 0 aromatic carbocycles. The summed E-state index contributed by atoms with van der Waals surface area (Å²) in [7, 11) is 2.94. The molecule has 19 heavy (non-hydrogen) atoms. The van der Waals surface area contributed by atoms with Crippen LogP contribution in [0.2, 0.25) is 0 Å². The summed E-state index contributed by atoms with van der Waals surface area (Å²) in [5.74, 6) is -0.137. The molecule has 7 heteroatoms. The predicted octanol–water partition coefficient (Wildman–Crippen LogP) is 1.40. The van der Waals surface area contributed by atoms with Crippen LogP contribution in [0.4, 0.5) is 0 Å². The fourth-order valence-corrected chi connectivity index (χ4v) is 1.92. The van der Waals surface area contributed by atoms with Gasteiger partial charge in [0.2, 0.25) is 17.5 Å². The number of fused-ring (bicyclic) bond motifs is 1. The molecule has 2 rings (SSSR count). The van der Waals surface area contributed by atoms with E-state index < -0.39 is 5.97 Å². The average molecular weight is 265 g/mol. The Morgan fingerprint density at radius 1 is 1.37 bits per heavy atom. The molecule has 102 valence electrons. The summed E-state index contributed by atoms with van der Waals surface area (Å²) in [5.41, 5.74) is 0.581. The first-order valence-corrected chi connectivity index (χ1v) is 5.86. The minimum absolute atomic E-state index is 0.0869. The largest absolute Gasteiger partial charge is 0.482 e. The van der Waals surface area contributed by atoms with Crippen molar-refractivity contribution in [3.05, 3.63) is 17.5 Å². The van der Waals surface area contributed by atoms with Crippen molar-refractivity contribution >= 4 is 11.7 Å². The Balaban J connectivity index is 2.79. The molecule has 2 aromatic rings. The Morgan fingerprint density at radius 2 is 2.11 bits per heavy atom. The third-order valence-corrected chi connectivity index (χ3v) is 2.72. The number of aryl methyl sites for hydroxylation is 1. The summed E-state index contributed by atoms with van der Waals surface area (Å²) in [4.78, 5) is 19.8. The molecule has 0 aliphatic carbocycles. The maximum Gasteiger partial charge on any atom is 0.354 e. The Kier molecular flexibility index (Phi) is 3.55. The summed E-state index contributed by atoms with van der Waals surface area (Å²) in [5, 5.41) is 9.35. The van der Waals surface area contributed by atoms with Gasteiger partial charge in [0.1, 0.15) is 0 Å². The van der Waals surface area contributed by atoms with Gasteiger partial charge in [-0.1, -0.05) is 13.3 Å². The van der Waals surface area contributed by atoms with Gasteiger partial charge in [0.05, 0.1) is 26.0 Å². The van der Waals surface area contributed by atoms with E-state index in [4.69, 9.17) is 9.47 Å². The van der Waals surface area contributed by atoms with Crippen LogP contribution in [0.25, 0.3) is 5.78 Å². The molecule has 0 fully saturated rings. The number of methoxy groups -OCH3 is 2. The molecule has 0 amide bonds. The lowest BCUT2D eigenvalue weighted by Gasteiger charge is -2.07. The van der Waals surface area contributed by atoms with Crippen molar-refractivity contribution in [1.29, 1.82) is 0 Å². The summed E-state index contributed by atoms with van der Waals surface area (Å²) in [6.07, 6.45) is 1.36. The van der Waals surface area contributed by atoms with E-state index in [-0.39, 0.29) is 11.5 Å². The van der Waals surface area contributed by atoms with Crippen LogP contribution >= 0.6 is 0 Å². The van der Waals surface area contributed by atoms with Gasteiger partial charge in [-0.05, 0) is 6.42 Å². The molecule has 0 aliphatic heterocycles. The van der Waals surface area contributed by atoms with Crippen LogP contribution in [-0.2, 0) is 6.42 Å². The zero-order chi connectivity index (χ0) is 14.0. The zero-order valence-corrected chi connectivity index (χ0v) is 11.0. The van der Waals surface area contributed by atoms with Crippen LogP contribution in [0.3, 0.4) is 0 Å². The summed E-state index contributed by atoms with van der Waals surface area (Å²) in [6, 6.07) is 1.52. The van der Waals surface area contributed by atoms with E-state index in [1.165, 1.54) is 24.7 Å². The molecule has 1 N–H and O–H groups in total. The highest BCUT2D eigenvalue weighted by atomic mass is 16.5. The number of nitrogens with zero attached hydrogens (tertiary/aromatic N) is 3. The number of aromatic carboxylic acids is 1. The number of ether oxygens (including phenoxy) is 2. The fraction of sp³-hybridized carbons (Fsp3) is 0.417. The van der Waals surface area contributed by atoms with E-state index in [0.29, 0.717) is 23.9 Å². The van der Waals surface area contributed by atoms with E-state index in [2.05, 4.69) is 9.97 Å². The SMILES string of the molecule is CCCc1nc2nc(OC)cc(OC)n2c1C(=O)O. The van der Waals surface area contributed by atoms with Gasteiger partial charge >= 0.3 is 5.97 Å². The van der Waals surface area contributed by atoms with Crippen molar-refractivity contribution in [3.63, 3.8) is 0 Å². The third kappa shape index (κ3) is 2.18. The molecule has 0 saturated heterocycles. The first-order chi connectivity index (χ1) is 9.12. The molecule has 2 heterocycles. The molecule has 7 nitrogen and oxygen atoms in total. The van der Waals surface area contributed by atoms with E-state index >= 15 is 0 Å². The first kappa shape index (κ1) is 13.1. The Labute approximate surface area is 109 Å². The van der Waals surface area contributed by atoms with Gasteiger partial charge in [0.25, 0.3) is 0 Å². The lowest BCUT2D eigenvalue weighted by molar-refractivity contribution is 0.0686. The minimum Gasteiger partial charge on any atom is -0.482 e. The van der Waals surface area contributed by atoms with E-state index in [1.54, 1.807) is 0 Å². The number of carboxylic acid groups (broad SMARTS) is 1. The molecular formula is C12H15N3O4. The number of carboxylic acids is 1. The number of imidazole rings is 1. The lowest BCUT2D eigenvalue weighted by Crippen LogP contribution is -2.08. The highest BCUT2D eigenvalue weighted by molar-refractivity contribution is 5.88. The standard InChI is InChI=1S/C12H15N3O4/c1-4-5-7-10(11(16)17)15-9(19-3)6-8(18-2)14-12(15)13-7/h6H,4-5H2,1-3H3,(H,16,17). The molecule has 0 unspecified atom stereocenters. The fourth-order valence-electron chi connectivity index (χ4n) is 1.92. The van der Waals surface area contributed by atoms with Crippen molar-refractivity contribution < 1.29 is 19.4 Å². The second-order valence-corrected chi connectivity index (χ2v) is 3.94. The number of hydrogen-bond acceptors (Lipinski definition) is 5. The number of aromatic nitrogens is 3.